The Balaban J connectivity index is 1.59. The zero-order chi connectivity index (χ0) is 20.7. The van der Waals surface area contributed by atoms with Gasteiger partial charge in [0.1, 0.15) is 5.75 Å². The summed E-state index contributed by atoms with van der Waals surface area (Å²) in [5.41, 5.74) is 0.0589. The van der Waals surface area contributed by atoms with E-state index >= 15 is 0 Å². The lowest BCUT2D eigenvalue weighted by Gasteiger charge is -2.04. The molecule has 0 N–H and O–H groups in total. The van der Waals surface area contributed by atoms with Crippen molar-refractivity contribution in [3.8, 4) is 10.6 Å². The number of hydrogen-bond acceptors (Lipinski definition) is 4. The Bertz CT molecular complexity index is 1400. The molecule has 30 heavy (non-hydrogen) atoms. The predicted molar refractivity (Wildman–Crippen MR) is 128 cm³/mol. The van der Waals surface area contributed by atoms with Gasteiger partial charge in [0.15, 0.2) is 18.1 Å². The summed E-state index contributed by atoms with van der Waals surface area (Å²) in [5.74, 6) is 0.0690. The molecule has 6 heteroatoms. The SMILES string of the molecule is O=C(Oc1ccc(-[s+]2c3ccccc3c(=O)c3ccccc32)cc1)c1ccc(I)o1. The number of halogens is 1. The van der Waals surface area contributed by atoms with Gasteiger partial charge in [-0.1, -0.05) is 24.3 Å². The van der Waals surface area contributed by atoms with Gasteiger partial charge in [-0.3, -0.25) is 4.79 Å². The summed E-state index contributed by atoms with van der Waals surface area (Å²) in [6.07, 6.45) is 0. The molecule has 4 nitrogen and oxygen atoms in total. The largest absolute Gasteiger partial charge is 0.443 e. The number of carbonyl (C=O) groups is 1. The molecule has 5 rings (SSSR count). The molecule has 0 bridgehead atoms. The summed E-state index contributed by atoms with van der Waals surface area (Å²) in [5, 5.41) is 1.48. The molecule has 0 aliphatic carbocycles. The average molecular weight is 525 g/mol. The van der Waals surface area contributed by atoms with Crippen LogP contribution in [0.4, 0.5) is 0 Å². The molecule has 0 unspecified atom stereocenters. The van der Waals surface area contributed by atoms with Gasteiger partial charge in [-0.2, -0.15) is 0 Å². The van der Waals surface area contributed by atoms with Gasteiger partial charge in [0.2, 0.25) is 11.2 Å². The molecule has 0 spiro atoms. The minimum Gasteiger partial charge on any atom is -0.443 e. The first-order valence-corrected chi connectivity index (χ1v) is 11.5. The van der Waals surface area contributed by atoms with Crippen LogP contribution in [0.1, 0.15) is 10.6 Å². The van der Waals surface area contributed by atoms with Crippen molar-refractivity contribution in [2.75, 3.05) is 0 Å². The molecule has 5 aromatic rings. The molecular formula is C24H14IO4S+. The number of carbonyl (C=O) groups excluding carboxylic acids is 1. The second kappa shape index (κ2) is 7.70. The summed E-state index contributed by atoms with van der Waals surface area (Å²) in [6, 6.07) is 26.2. The van der Waals surface area contributed by atoms with E-state index in [1.807, 2.05) is 83.3 Å². The lowest BCUT2D eigenvalue weighted by molar-refractivity contribution is 0.0700. The Hall–Kier alpha value is -2.97. The van der Waals surface area contributed by atoms with Crippen molar-refractivity contribution < 1.29 is 13.9 Å². The normalized spacial score (nSPS) is 11.1. The summed E-state index contributed by atoms with van der Waals surface area (Å²) in [7, 11) is -0.413. The van der Waals surface area contributed by atoms with Gasteiger partial charge in [-0.05, 0) is 71.1 Å². The molecule has 0 fully saturated rings. The van der Waals surface area contributed by atoms with Crippen molar-refractivity contribution in [1.82, 2.24) is 0 Å². The molecule has 3 aromatic carbocycles. The van der Waals surface area contributed by atoms with Crippen molar-refractivity contribution in [3.63, 3.8) is 0 Å². The van der Waals surface area contributed by atoms with Crippen LogP contribution in [0, 0.1) is 3.77 Å². The van der Waals surface area contributed by atoms with E-state index in [4.69, 9.17) is 9.15 Å². The van der Waals surface area contributed by atoms with Gasteiger partial charge in [0.25, 0.3) is 0 Å². The van der Waals surface area contributed by atoms with Crippen LogP contribution in [0.3, 0.4) is 0 Å². The maximum absolute atomic E-state index is 12.9. The molecule has 2 aromatic heterocycles. The lowest BCUT2D eigenvalue weighted by Crippen LogP contribution is -2.07. The maximum Gasteiger partial charge on any atom is 0.379 e. The molecular weight excluding hydrogens is 511 g/mol. The first-order valence-electron chi connectivity index (χ1n) is 9.16. The van der Waals surface area contributed by atoms with Crippen LogP contribution in [0.5, 0.6) is 5.75 Å². The highest BCUT2D eigenvalue weighted by Gasteiger charge is 2.22. The second-order valence-corrected chi connectivity index (χ2v) is 9.62. The van der Waals surface area contributed by atoms with Crippen molar-refractivity contribution in [3.05, 3.63) is 105 Å². The number of fused-ring (bicyclic) bond motifs is 2. The van der Waals surface area contributed by atoms with E-state index in [9.17, 15) is 9.59 Å². The Kier molecular flexibility index (Phi) is 4.88. The number of esters is 1. The van der Waals surface area contributed by atoms with Gasteiger partial charge in [0, 0.05) is 22.6 Å². The fourth-order valence-electron chi connectivity index (χ4n) is 3.41. The van der Waals surface area contributed by atoms with Gasteiger partial charge in [-0.15, -0.1) is 0 Å². The third-order valence-corrected chi connectivity index (χ3v) is 7.66. The number of hydrogen-bond donors (Lipinski definition) is 0. The van der Waals surface area contributed by atoms with Gasteiger partial charge in [-0.25, -0.2) is 4.79 Å². The average Bonchev–Trinajstić information content (AvgIpc) is 3.22. The van der Waals surface area contributed by atoms with Crippen molar-refractivity contribution >= 4 is 59.2 Å². The van der Waals surface area contributed by atoms with Gasteiger partial charge >= 0.3 is 5.97 Å². The lowest BCUT2D eigenvalue weighted by atomic mass is 10.2. The van der Waals surface area contributed by atoms with Gasteiger partial charge < -0.3 is 9.15 Å². The smallest absolute Gasteiger partial charge is 0.379 e. The number of ether oxygens (including phenoxy) is 1. The molecule has 0 aliphatic rings. The minimum absolute atomic E-state index is 0.0589. The van der Waals surface area contributed by atoms with E-state index < -0.39 is 16.4 Å². The third kappa shape index (κ3) is 3.32. The standard InChI is InChI=1S/C24H14IO4S/c25-22-14-13-19(29-22)24(27)28-15-9-11-16(12-10-15)30-20-7-3-1-5-17(20)23(26)18-6-2-4-8-21(18)30/h1-14H/q+1. The van der Waals surface area contributed by atoms with Crippen molar-refractivity contribution in [2.45, 2.75) is 0 Å². The Morgan fingerprint density at radius 1 is 0.800 bits per heavy atom. The predicted octanol–water partition coefficient (Wildman–Crippen LogP) is 6.51. The first kappa shape index (κ1) is 19.0. The number of furan rings is 1. The Morgan fingerprint density at radius 3 is 1.97 bits per heavy atom. The summed E-state index contributed by atoms with van der Waals surface area (Å²) in [4.78, 5) is 26.2. The topological polar surface area (TPSA) is 56.5 Å². The molecule has 0 saturated carbocycles. The Labute approximate surface area is 187 Å². The van der Waals surface area contributed by atoms with Crippen LogP contribution in [0.15, 0.2) is 94.1 Å². The highest BCUT2D eigenvalue weighted by Crippen LogP contribution is 2.43. The molecule has 0 saturated heterocycles. The first-order chi connectivity index (χ1) is 14.6. The number of benzene rings is 3. The highest BCUT2D eigenvalue weighted by molar-refractivity contribution is 14.1. The molecule has 2 heterocycles. The van der Waals surface area contributed by atoms with E-state index in [1.165, 1.54) is 0 Å². The maximum atomic E-state index is 12.9. The van der Waals surface area contributed by atoms with Crippen molar-refractivity contribution in [1.29, 1.82) is 0 Å². The van der Waals surface area contributed by atoms with Crippen LogP contribution in [0.2, 0.25) is 0 Å². The van der Waals surface area contributed by atoms with E-state index in [2.05, 4.69) is 0 Å². The van der Waals surface area contributed by atoms with Crippen molar-refractivity contribution in [2.24, 2.45) is 0 Å². The van der Waals surface area contributed by atoms with Crippen LogP contribution in [-0.4, -0.2) is 5.97 Å². The quantitative estimate of drug-likeness (QED) is 0.0887. The Morgan fingerprint density at radius 2 is 1.40 bits per heavy atom. The van der Waals surface area contributed by atoms with E-state index in [0.29, 0.717) is 9.52 Å². The fraction of sp³-hybridized carbons (Fsp3) is 0. The molecule has 0 amide bonds. The summed E-state index contributed by atoms with van der Waals surface area (Å²) >= 11 is 2.00. The van der Waals surface area contributed by atoms with Gasteiger partial charge in [0.05, 0.1) is 10.8 Å². The molecule has 0 radical (unpaired) electrons. The molecule has 0 atom stereocenters. The van der Waals surface area contributed by atoms with Crippen LogP contribution >= 0.6 is 33.1 Å². The third-order valence-electron chi connectivity index (χ3n) is 4.75. The molecule has 0 aliphatic heterocycles. The second-order valence-electron chi connectivity index (χ2n) is 6.59. The summed E-state index contributed by atoms with van der Waals surface area (Å²) in [6.45, 7) is 0. The van der Waals surface area contributed by atoms with Crippen LogP contribution in [-0.2, 0) is 0 Å². The minimum atomic E-state index is -0.535. The number of rotatable bonds is 3. The summed E-state index contributed by atoms with van der Waals surface area (Å²) < 4.78 is 13.4. The monoisotopic (exact) mass is 525 g/mol. The van der Waals surface area contributed by atoms with Crippen LogP contribution < -0.4 is 10.2 Å². The van der Waals surface area contributed by atoms with E-state index in [0.717, 1.165) is 25.1 Å². The fourth-order valence-corrected chi connectivity index (χ4v) is 6.17. The van der Waals surface area contributed by atoms with E-state index in [-0.39, 0.29) is 11.2 Å². The van der Waals surface area contributed by atoms with E-state index in [1.54, 1.807) is 24.3 Å². The highest BCUT2D eigenvalue weighted by atomic mass is 127. The van der Waals surface area contributed by atoms with Crippen LogP contribution in [0.25, 0.3) is 25.1 Å². The zero-order valence-corrected chi connectivity index (χ0v) is 18.5. The zero-order valence-electron chi connectivity index (χ0n) is 15.5. The molecule has 146 valence electrons.